The summed E-state index contributed by atoms with van der Waals surface area (Å²) in [5, 5.41) is 0. The van der Waals surface area contributed by atoms with Gasteiger partial charge in [-0.05, 0) is 0 Å². The second kappa shape index (κ2) is 8.09. The molecule has 0 nitrogen and oxygen atoms in total. The normalized spacial score (nSPS) is 18.5. The van der Waals surface area contributed by atoms with Gasteiger partial charge in [-0.2, -0.15) is 0 Å². The van der Waals surface area contributed by atoms with Gasteiger partial charge in [-0.25, -0.2) is 0 Å². The fraction of sp³-hybridized carbons (Fsp3) is 0.250. The molecule has 0 aliphatic carbocycles. The van der Waals surface area contributed by atoms with E-state index in [1.807, 2.05) is 47.0 Å². The average molecular weight is 716 g/mol. The molecule has 0 N–H and O–H groups in total. The maximum absolute atomic E-state index is 2.26. The first kappa shape index (κ1) is 20.2. The summed E-state index contributed by atoms with van der Waals surface area (Å²) in [7, 11) is 0. The Morgan fingerprint density at radius 2 is 0.731 bits per heavy atom. The van der Waals surface area contributed by atoms with Crippen LogP contribution in [-0.4, -0.2) is 40.9 Å². The third-order valence-corrected chi connectivity index (χ3v) is 28.1. The minimum atomic E-state index is -0.168. The van der Waals surface area contributed by atoms with Crippen molar-refractivity contribution in [1.29, 1.82) is 0 Å². The standard InChI is InChI=1S/C16H12S8Te2/c1-5-6(2)18-9(17-5)11-21-13-14(22-11)26-16-15(25-13)23-12(24-16)10-19-7(3)8(4)20-10/h1-4H3. The van der Waals surface area contributed by atoms with Gasteiger partial charge >= 0.3 is 207 Å². The quantitative estimate of drug-likeness (QED) is 0.254. The molecule has 0 aromatic carbocycles. The van der Waals surface area contributed by atoms with Crippen LogP contribution in [0.2, 0.25) is 0 Å². The number of hydrogen-bond donors (Lipinski definition) is 0. The van der Waals surface area contributed by atoms with E-state index in [2.05, 4.69) is 73.0 Å². The Hall–Kier alpha value is 2.30. The van der Waals surface area contributed by atoms with E-state index in [9.17, 15) is 0 Å². The van der Waals surface area contributed by atoms with Crippen molar-refractivity contribution in [2.24, 2.45) is 0 Å². The molecule has 0 radical (unpaired) electrons. The molecular weight excluding hydrogens is 704 g/mol. The van der Waals surface area contributed by atoms with Crippen molar-refractivity contribution in [3.8, 4) is 0 Å². The summed E-state index contributed by atoms with van der Waals surface area (Å²) >= 11 is 16.2. The second-order valence-corrected chi connectivity index (χ2v) is 24.6. The minimum absolute atomic E-state index is 0.168. The van der Waals surface area contributed by atoms with E-state index in [0.29, 0.717) is 0 Å². The Balaban J connectivity index is 1.63. The van der Waals surface area contributed by atoms with Crippen LogP contribution in [0, 0.1) is 10.2 Å². The molecule has 5 rings (SSSR count). The predicted octanol–water partition coefficient (Wildman–Crippen LogP) is 6.21. The van der Waals surface area contributed by atoms with E-state index in [-0.39, 0.29) is 40.9 Å². The van der Waals surface area contributed by atoms with Gasteiger partial charge in [0, 0.05) is 0 Å². The molecule has 0 fully saturated rings. The van der Waals surface area contributed by atoms with Crippen LogP contribution in [0.1, 0.15) is 27.7 Å². The van der Waals surface area contributed by atoms with Crippen molar-refractivity contribution < 1.29 is 0 Å². The maximum atomic E-state index is 2.26. The van der Waals surface area contributed by atoms with Gasteiger partial charge < -0.3 is 0 Å². The molecule has 10 heteroatoms. The zero-order valence-corrected chi connectivity index (χ0v) is 25.3. The molecule has 5 aliphatic rings. The van der Waals surface area contributed by atoms with Gasteiger partial charge in [0.15, 0.2) is 0 Å². The zero-order valence-electron chi connectivity index (χ0n) is 14.1. The summed E-state index contributed by atoms with van der Waals surface area (Å²) in [6.07, 6.45) is 0. The van der Waals surface area contributed by atoms with E-state index in [1.165, 1.54) is 19.6 Å². The van der Waals surface area contributed by atoms with Gasteiger partial charge in [-0.3, -0.25) is 0 Å². The molecule has 0 amide bonds. The molecule has 0 unspecified atom stereocenters. The first-order chi connectivity index (χ1) is 12.5. The fourth-order valence-electron chi connectivity index (χ4n) is 2.18. The van der Waals surface area contributed by atoms with Crippen molar-refractivity contribution in [2.45, 2.75) is 27.7 Å². The van der Waals surface area contributed by atoms with E-state index in [4.69, 9.17) is 0 Å². The van der Waals surface area contributed by atoms with Gasteiger partial charge in [0.1, 0.15) is 0 Å². The molecule has 0 aromatic heterocycles. The Bertz CT molecular complexity index is 1180. The Kier molecular flexibility index (Phi) is 6.29. The summed E-state index contributed by atoms with van der Waals surface area (Å²) in [5.41, 5.74) is 0. The first-order valence-electron chi connectivity index (χ1n) is 7.58. The van der Waals surface area contributed by atoms with E-state index >= 15 is 0 Å². The third kappa shape index (κ3) is 3.83. The van der Waals surface area contributed by atoms with Gasteiger partial charge in [-0.15, -0.1) is 0 Å². The van der Waals surface area contributed by atoms with Crippen molar-refractivity contribution in [2.75, 3.05) is 0 Å². The van der Waals surface area contributed by atoms with Crippen molar-refractivity contribution >= 4 is 142 Å². The fourth-order valence-corrected chi connectivity index (χ4v) is 28.7. The number of hydrogen-bond acceptors (Lipinski definition) is 8. The predicted molar refractivity (Wildman–Crippen MR) is 133 cm³/mol. The van der Waals surface area contributed by atoms with E-state index in [1.54, 1.807) is 26.4 Å². The summed E-state index contributed by atoms with van der Waals surface area (Å²) in [5.74, 6) is 0. The zero-order chi connectivity index (χ0) is 18.0. The topological polar surface area (TPSA) is 0 Å². The average Bonchev–Trinajstić information content (AvgIpc) is 3.33. The van der Waals surface area contributed by atoms with E-state index in [0.717, 1.165) is 0 Å². The van der Waals surface area contributed by atoms with Crippen molar-refractivity contribution in [1.82, 2.24) is 0 Å². The SMILES string of the molecule is CC1=C(C)SC(=c2sc3[te]c4sc(=C5SC(C)=C(C)S5)sc=4[te]c=3s2)S1. The van der Waals surface area contributed by atoms with Crippen LogP contribution < -0.4 is 7.69 Å². The van der Waals surface area contributed by atoms with Gasteiger partial charge in [0.2, 0.25) is 0 Å². The van der Waals surface area contributed by atoms with Crippen LogP contribution >= 0.6 is 92.4 Å². The Labute approximate surface area is 203 Å². The molecule has 0 saturated heterocycles. The Morgan fingerprint density at radius 1 is 0.462 bits per heavy atom. The van der Waals surface area contributed by atoms with Crippen LogP contribution in [0.15, 0.2) is 19.6 Å². The van der Waals surface area contributed by atoms with Crippen molar-refractivity contribution in [3.05, 3.63) is 37.5 Å². The summed E-state index contributed by atoms with van der Waals surface area (Å²) in [4.78, 5) is 5.96. The monoisotopic (exact) mass is 720 g/mol. The van der Waals surface area contributed by atoms with E-state index < -0.39 is 0 Å². The van der Waals surface area contributed by atoms with Crippen LogP contribution in [0.5, 0.6) is 0 Å². The molecule has 5 heterocycles. The Morgan fingerprint density at radius 3 is 1.00 bits per heavy atom. The number of thioether (sulfide) groups is 4. The van der Waals surface area contributed by atoms with Crippen molar-refractivity contribution in [3.63, 3.8) is 0 Å². The summed E-state index contributed by atoms with van der Waals surface area (Å²) in [6.45, 7) is 9.04. The van der Waals surface area contributed by atoms with Crippen LogP contribution in [-0.2, 0) is 0 Å². The molecule has 0 bridgehead atoms. The summed E-state index contributed by atoms with van der Waals surface area (Å²) < 4.78 is 13.4. The molecule has 0 saturated carbocycles. The molecule has 0 atom stereocenters. The van der Waals surface area contributed by atoms with Crippen LogP contribution in [0.3, 0.4) is 0 Å². The third-order valence-electron chi connectivity index (χ3n) is 3.75. The number of rotatable bonds is 0. The summed E-state index contributed by atoms with van der Waals surface area (Å²) in [6, 6.07) is 0. The van der Waals surface area contributed by atoms with Gasteiger partial charge in [0.05, 0.1) is 0 Å². The molecule has 5 aliphatic heterocycles. The first-order valence-corrected chi connectivity index (χ1v) is 18.8. The molecule has 0 aromatic rings. The second-order valence-electron chi connectivity index (χ2n) is 5.55. The van der Waals surface area contributed by atoms with Gasteiger partial charge in [-0.1, -0.05) is 0 Å². The molecule has 26 heavy (non-hydrogen) atoms. The molecule has 136 valence electrons. The molecular formula is C16H12S8Te2. The molecule has 0 spiro atoms. The van der Waals surface area contributed by atoms with Gasteiger partial charge in [0.25, 0.3) is 0 Å². The van der Waals surface area contributed by atoms with Crippen LogP contribution in [0.4, 0.5) is 0 Å². The van der Waals surface area contributed by atoms with Crippen LogP contribution in [0.25, 0.3) is 8.47 Å². The number of allylic oxidation sites excluding steroid dienone is 4.